The maximum absolute atomic E-state index is 13.0. The Morgan fingerprint density at radius 1 is 0.900 bits per heavy atom. The van der Waals surface area contributed by atoms with Crippen molar-refractivity contribution in [3.63, 3.8) is 0 Å². The second kappa shape index (κ2) is 12.8. The maximum atomic E-state index is 13.0. The molecule has 1 heterocycles. The molecule has 0 bridgehead atoms. The number of nitrogens with one attached hydrogen (secondary N) is 2. The van der Waals surface area contributed by atoms with Crippen molar-refractivity contribution in [1.82, 2.24) is 10.3 Å². The van der Waals surface area contributed by atoms with Crippen LogP contribution in [0.3, 0.4) is 0 Å². The van der Waals surface area contributed by atoms with Crippen LogP contribution in [0.4, 0.5) is 10.1 Å². The summed E-state index contributed by atoms with van der Waals surface area (Å²) in [5.41, 5.74) is 8.31. The summed E-state index contributed by atoms with van der Waals surface area (Å²) in [4.78, 5) is 26.9. The number of carbonyl (C=O) groups is 2. The van der Waals surface area contributed by atoms with E-state index in [1.165, 1.54) is 41.6 Å². The highest BCUT2D eigenvalue weighted by Crippen LogP contribution is 2.20. The molecule has 8 heteroatoms. The van der Waals surface area contributed by atoms with Gasteiger partial charge in [-0.1, -0.05) is 36.4 Å². The zero-order valence-electron chi connectivity index (χ0n) is 21.8. The number of hydrogen-bond acceptors (Lipinski definition) is 5. The van der Waals surface area contributed by atoms with Gasteiger partial charge in [-0.05, 0) is 89.3 Å². The van der Waals surface area contributed by atoms with Crippen LogP contribution in [0.2, 0.25) is 0 Å². The van der Waals surface area contributed by atoms with Crippen molar-refractivity contribution >= 4 is 23.7 Å². The molecule has 0 fully saturated rings. The second-order valence-corrected chi connectivity index (χ2v) is 9.54. The third kappa shape index (κ3) is 7.39. The lowest BCUT2D eigenvalue weighted by molar-refractivity contribution is -0.118. The highest BCUT2D eigenvalue weighted by Gasteiger charge is 2.16. The van der Waals surface area contributed by atoms with Gasteiger partial charge in [0.2, 0.25) is 0 Å². The normalized spacial score (nSPS) is 13.0. The third-order valence-electron chi connectivity index (χ3n) is 6.59. The summed E-state index contributed by atoms with van der Waals surface area (Å²) in [6.45, 7) is 2.61. The summed E-state index contributed by atoms with van der Waals surface area (Å²) in [7, 11) is 0. The molecule has 0 aliphatic carbocycles. The summed E-state index contributed by atoms with van der Waals surface area (Å²) >= 11 is 0. The topological polar surface area (TPSA) is 83.0 Å². The van der Waals surface area contributed by atoms with E-state index in [4.69, 9.17) is 4.74 Å². The lowest BCUT2D eigenvalue weighted by Gasteiger charge is -2.28. The van der Waals surface area contributed by atoms with Gasteiger partial charge >= 0.3 is 0 Å². The summed E-state index contributed by atoms with van der Waals surface area (Å²) in [6.07, 6.45) is 2.59. The van der Waals surface area contributed by atoms with E-state index in [0.717, 1.165) is 37.2 Å². The second-order valence-electron chi connectivity index (χ2n) is 9.54. The third-order valence-corrected chi connectivity index (χ3v) is 6.59. The van der Waals surface area contributed by atoms with Crippen LogP contribution in [0.5, 0.6) is 5.75 Å². The summed E-state index contributed by atoms with van der Waals surface area (Å²) in [6, 6.07) is 28.6. The van der Waals surface area contributed by atoms with Crippen molar-refractivity contribution in [2.45, 2.75) is 19.5 Å². The zero-order chi connectivity index (χ0) is 27.7. The van der Waals surface area contributed by atoms with Gasteiger partial charge < -0.3 is 10.1 Å². The zero-order valence-corrected chi connectivity index (χ0v) is 21.8. The molecule has 0 atom stereocenters. The minimum atomic E-state index is -0.373. The first-order valence-electron chi connectivity index (χ1n) is 13.0. The van der Waals surface area contributed by atoms with Gasteiger partial charge in [-0.25, -0.2) is 9.82 Å². The van der Waals surface area contributed by atoms with E-state index < -0.39 is 0 Å². The molecule has 2 amide bonds. The van der Waals surface area contributed by atoms with E-state index >= 15 is 0 Å². The number of hydrogen-bond donors (Lipinski definition) is 2. The van der Waals surface area contributed by atoms with E-state index in [9.17, 15) is 14.0 Å². The average molecular weight is 537 g/mol. The number of carbonyl (C=O) groups excluding carboxylic acids is 2. The first-order chi connectivity index (χ1) is 19.5. The number of hydrazone groups is 1. The van der Waals surface area contributed by atoms with E-state index in [0.29, 0.717) is 17.0 Å². The van der Waals surface area contributed by atoms with Crippen molar-refractivity contribution in [1.29, 1.82) is 0 Å². The van der Waals surface area contributed by atoms with Crippen LogP contribution >= 0.6 is 0 Å². The largest absolute Gasteiger partial charge is 0.484 e. The number of halogens is 1. The SMILES string of the molecule is O=C(COc1ccc(/C=N\NC(=O)c2ccc(CN3CCc4ccccc4C3)cc2)cc1)Nc1ccc(F)cc1. The molecule has 0 spiro atoms. The molecule has 0 saturated carbocycles. The molecule has 0 radical (unpaired) electrons. The van der Waals surface area contributed by atoms with Crippen molar-refractivity contribution in [2.24, 2.45) is 5.10 Å². The predicted molar refractivity (Wildman–Crippen MR) is 153 cm³/mol. The monoisotopic (exact) mass is 536 g/mol. The Morgan fingerprint density at radius 3 is 2.38 bits per heavy atom. The highest BCUT2D eigenvalue weighted by molar-refractivity contribution is 5.95. The van der Waals surface area contributed by atoms with Crippen molar-refractivity contribution in [3.8, 4) is 5.75 Å². The van der Waals surface area contributed by atoms with E-state index in [2.05, 4.69) is 45.0 Å². The lowest BCUT2D eigenvalue weighted by atomic mass is 9.99. The number of nitrogens with zero attached hydrogens (tertiary/aromatic N) is 2. The van der Waals surface area contributed by atoms with Gasteiger partial charge in [-0.2, -0.15) is 5.10 Å². The van der Waals surface area contributed by atoms with Crippen LogP contribution in [0.25, 0.3) is 0 Å². The van der Waals surface area contributed by atoms with Crippen LogP contribution < -0.4 is 15.5 Å². The summed E-state index contributed by atoms with van der Waals surface area (Å²) < 4.78 is 18.5. The number of fused-ring (bicyclic) bond motifs is 1. The number of rotatable bonds is 9. The van der Waals surface area contributed by atoms with E-state index in [-0.39, 0.29) is 24.2 Å². The molecule has 4 aromatic rings. The first-order valence-corrected chi connectivity index (χ1v) is 13.0. The fraction of sp³-hybridized carbons (Fsp3) is 0.156. The van der Waals surface area contributed by atoms with Crippen LogP contribution in [0.15, 0.2) is 102 Å². The van der Waals surface area contributed by atoms with E-state index in [1.54, 1.807) is 24.3 Å². The van der Waals surface area contributed by atoms with Crippen LogP contribution in [0, 0.1) is 5.82 Å². The molecule has 202 valence electrons. The molecule has 1 aliphatic rings. The molecular weight excluding hydrogens is 507 g/mol. The van der Waals surface area contributed by atoms with Gasteiger partial charge in [-0.15, -0.1) is 0 Å². The Bertz CT molecular complexity index is 1490. The number of benzene rings is 4. The van der Waals surface area contributed by atoms with Gasteiger partial charge in [0.05, 0.1) is 6.21 Å². The van der Waals surface area contributed by atoms with Crippen LogP contribution in [0.1, 0.15) is 32.6 Å². The van der Waals surface area contributed by atoms with Crippen molar-refractivity contribution < 1.29 is 18.7 Å². The van der Waals surface area contributed by atoms with Gasteiger partial charge in [0, 0.05) is 30.9 Å². The van der Waals surface area contributed by atoms with Crippen molar-refractivity contribution in [3.05, 3.63) is 131 Å². The fourth-order valence-electron chi connectivity index (χ4n) is 4.47. The molecule has 0 aromatic heterocycles. The van der Waals surface area contributed by atoms with Crippen molar-refractivity contribution in [2.75, 3.05) is 18.5 Å². The summed E-state index contributed by atoms with van der Waals surface area (Å²) in [5.74, 6) is -0.515. The van der Waals surface area contributed by atoms with Gasteiger partial charge in [0.1, 0.15) is 11.6 Å². The standard InChI is InChI=1S/C32H29FN4O3/c33-28-11-13-29(14-12-28)35-31(38)22-40-30-15-7-23(8-16-30)19-34-36-32(39)26-9-5-24(6-10-26)20-37-18-17-25-3-1-2-4-27(25)21-37/h1-16,19H,17-18,20-22H2,(H,35,38)(H,36,39)/b34-19-. The molecule has 4 aromatic carbocycles. The number of amides is 2. The number of ether oxygens (including phenoxy) is 1. The predicted octanol–water partition coefficient (Wildman–Crippen LogP) is 5.17. The smallest absolute Gasteiger partial charge is 0.271 e. The molecule has 1 aliphatic heterocycles. The molecule has 5 rings (SSSR count). The first kappa shape index (κ1) is 26.8. The van der Waals surface area contributed by atoms with Crippen LogP contribution in [-0.2, 0) is 24.3 Å². The number of anilines is 1. The van der Waals surface area contributed by atoms with Gasteiger partial charge in [0.25, 0.3) is 11.8 Å². The molecule has 0 unspecified atom stereocenters. The Balaban J connectivity index is 1.05. The molecule has 40 heavy (non-hydrogen) atoms. The minimum Gasteiger partial charge on any atom is -0.484 e. The lowest BCUT2D eigenvalue weighted by Crippen LogP contribution is -2.30. The quantitative estimate of drug-likeness (QED) is 0.229. The molecule has 0 saturated heterocycles. The Hall–Kier alpha value is -4.82. The van der Waals surface area contributed by atoms with Crippen LogP contribution in [-0.4, -0.2) is 36.1 Å². The Kier molecular flexibility index (Phi) is 8.58. The minimum absolute atomic E-state index is 0.189. The molecule has 7 nitrogen and oxygen atoms in total. The summed E-state index contributed by atoms with van der Waals surface area (Å²) in [5, 5.41) is 6.68. The Labute approximate surface area is 232 Å². The van der Waals surface area contributed by atoms with Gasteiger partial charge in [0.15, 0.2) is 6.61 Å². The van der Waals surface area contributed by atoms with E-state index in [1.807, 2.05) is 24.3 Å². The highest BCUT2D eigenvalue weighted by atomic mass is 19.1. The molecular formula is C32H29FN4O3. The fourth-order valence-corrected chi connectivity index (χ4v) is 4.47. The van der Waals surface area contributed by atoms with Gasteiger partial charge in [-0.3, -0.25) is 14.5 Å². The average Bonchev–Trinajstić information content (AvgIpc) is 2.98. The maximum Gasteiger partial charge on any atom is 0.271 e. The Morgan fingerprint density at radius 2 is 1.62 bits per heavy atom. The molecule has 2 N–H and O–H groups in total.